The number of amides is 1. The highest BCUT2D eigenvalue weighted by atomic mass is 32.2. The first-order chi connectivity index (χ1) is 5.20. The summed E-state index contributed by atoms with van der Waals surface area (Å²) in [6.07, 6.45) is 0. The van der Waals surface area contributed by atoms with Crippen LogP contribution < -0.4 is 0 Å². The second kappa shape index (κ2) is 2.14. The number of ether oxygens (including phenoxy) is 1. The first kappa shape index (κ1) is 7.43. The highest BCUT2D eigenvalue weighted by Gasteiger charge is 2.60. The molecule has 2 unspecified atom stereocenters. The minimum atomic E-state index is -0.527. The average Bonchev–Trinajstić information content (AvgIpc) is 2.48. The van der Waals surface area contributed by atoms with E-state index in [1.807, 2.05) is 23.6 Å². The van der Waals surface area contributed by atoms with E-state index >= 15 is 0 Å². The van der Waals surface area contributed by atoms with Crippen LogP contribution in [0.4, 0.5) is 0 Å². The summed E-state index contributed by atoms with van der Waals surface area (Å²) in [5.74, 6) is 1.20. The molecule has 2 saturated heterocycles. The molecule has 0 aromatic carbocycles. The van der Waals surface area contributed by atoms with Gasteiger partial charge in [0.2, 0.25) is 0 Å². The minimum Gasteiger partial charge on any atom is -0.366 e. The van der Waals surface area contributed by atoms with Gasteiger partial charge in [-0.1, -0.05) is 0 Å². The molecule has 4 heteroatoms. The lowest BCUT2D eigenvalue weighted by atomic mass is 9.95. The molecule has 3 nitrogen and oxygen atoms in total. The molecule has 0 spiro atoms. The van der Waals surface area contributed by atoms with Gasteiger partial charge in [-0.05, 0) is 6.92 Å². The maximum absolute atomic E-state index is 11.4. The lowest BCUT2D eigenvalue weighted by molar-refractivity contribution is -0.180. The minimum absolute atomic E-state index is 0.148. The number of rotatable bonds is 1. The molecule has 0 saturated carbocycles. The monoisotopic (exact) mass is 173 g/mol. The third kappa shape index (κ3) is 0.715. The van der Waals surface area contributed by atoms with Crippen molar-refractivity contribution in [3.05, 3.63) is 0 Å². The van der Waals surface area contributed by atoms with Crippen molar-refractivity contribution in [3.8, 4) is 0 Å². The number of carbonyl (C=O) groups excluding carboxylic acids is 1. The van der Waals surface area contributed by atoms with Crippen LogP contribution in [0.25, 0.3) is 0 Å². The van der Waals surface area contributed by atoms with Gasteiger partial charge in [0.05, 0.1) is 0 Å². The van der Waals surface area contributed by atoms with Gasteiger partial charge in [-0.3, -0.25) is 4.79 Å². The topological polar surface area (TPSA) is 29.5 Å². The van der Waals surface area contributed by atoms with Crippen LogP contribution in [0.15, 0.2) is 0 Å². The van der Waals surface area contributed by atoms with Gasteiger partial charge in [0.15, 0.2) is 5.60 Å². The number of methoxy groups -OCH3 is 1. The SMILES string of the molecule is COC1(C)C(=O)N2CCSC21. The first-order valence-electron chi connectivity index (χ1n) is 3.68. The molecule has 0 N–H and O–H groups in total. The molecule has 2 fully saturated rings. The van der Waals surface area contributed by atoms with Crippen LogP contribution in [0.3, 0.4) is 0 Å². The number of thioether (sulfide) groups is 1. The molecule has 2 rings (SSSR count). The van der Waals surface area contributed by atoms with Crippen molar-refractivity contribution in [2.75, 3.05) is 19.4 Å². The number of fused-ring (bicyclic) bond motifs is 1. The van der Waals surface area contributed by atoms with Gasteiger partial charge in [-0.15, -0.1) is 11.8 Å². The second-order valence-electron chi connectivity index (χ2n) is 3.03. The van der Waals surface area contributed by atoms with E-state index in [9.17, 15) is 4.79 Å². The lowest BCUT2D eigenvalue weighted by Gasteiger charge is -2.48. The normalized spacial score (nSPS) is 42.2. The Balaban J connectivity index is 2.20. The largest absolute Gasteiger partial charge is 0.366 e. The molecule has 2 atom stereocenters. The molecule has 0 aliphatic carbocycles. The zero-order valence-electron chi connectivity index (χ0n) is 6.66. The van der Waals surface area contributed by atoms with E-state index in [0.717, 1.165) is 12.3 Å². The maximum Gasteiger partial charge on any atom is 0.258 e. The summed E-state index contributed by atoms with van der Waals surface area (Å²) in [5.41, 5.74) is -0.527. The van der Waals surface area contributed by atoms with E-state index in [2.05, 4.69) is 0 Å². The van der Waals surface area contributed by atoms with Crippen LogP contribution in [0.1, 0.15) is 6.92 Å². The molecule has 2 heterocycles. The molecular weight excluding hydrogens is 162 g/mol. The summed E-state index contributed by atoms with van der Waals surface area (Å²) in [7, 11) is 1.61. The number of nitrogens with zero attached hydrogens (tertiary/aromatic N) is 1. The van der Waals surface area contributed by atoms with Crippen molar-refractivity contribution in [1.29, 1.82) is 0 Å². The maximum atomic E-state index is 11.4. The Morgan fingerprint density at radius 3 is 3.18 bits per heavy atom. The zero-order chi connectivity index (χ0) is 8.06. The van der Waals surface area contributed by atoms with Gasteiger partial charge >= 0.3 is 0 Å². The summed E-state index contributed by atoms with van der Waals surface area (Å²) in [4.78, 5) is 13.3. The summed E-state index contributed by atoms with van der Waals surface area (Å²) >= 11 is 1.81. The Hall–Kier alpha value is -0.220. The average molecular weight is 173 g/mol. The number of carbonyl (C=O) groups is 1. The Bertz CT molecular complexity index is 209. The van der Waals surface area contributed by atoms with Crippen LogP contribution in [-0.4, -0.2) is 41.2 Å². The molecule has 2 aliphatic rings. The number of β-lactam (4-membered cyclic amide) rings is 1. The Labute approximate surface area is 70.1 Å². The van der Waals surface area contributed by atoms with E-state index in [1.165, 1.54) is 0 Å². The van der Waals surface area contributed by atoms with Crippen LogP contribution in [0, 0.1) is 0 Å². The molecule has 0 aromatic rings. The molecule has 0 aromatic heterocycles. The van der Waals surface area contributed by atoms with Gasteiger partial charge in [0.25, 0.3) is 5.91 Å². The molecule has 0 radical (unpaired) electrons. The number of hydrogen-bond acceptors (Lipinski definition) is 3. The van der Waals surface area contributed by atoms with Crippen LogP contribution in [0.5, 0.6) is 0 Å². The van der Waals surface area contributed by atoms with Crippen molar-refractivity contribution >= 4 is 17.7 Å². The summed E-state index contributed by atoms with van der Waals surface area (Å²) in [5, 5.41) is 0.278. The van der Waals surface area contributed by atoms with E-state index in [4.69, 9.17) is 4.74 Å². The van der Waals surface area contributed by atoms with E-state index in [1.54, 1.807) is 7.11 Å². The van der Waals surface area contributed by atoms with E-state index in [0.29, 0.717) is 0 Å². The third-order valence-electron chi connectivity index (χ3n) is 2.47. The van der Waals surface area contributed by atoms with Gasteiger partial charge in [-0.25, -0.2) is 0 Å². The summed E-state index contributed by atoms with van der Waals surface area (Å²) in [6.45, 7) is 2.77. The van der Waals surface area contributed by atoms with Crippen molar-refractivity contribution in [2.24, 2.45) is 0 Å². The van der Waals surface area contributed by atoms with E-state index < -0.39 is 5.60 Å². The molecule has 2 aliphatic heterocycles. The van der Waals surface area contributed by atoms with Crippen molar-refractivity contribution < 1.29 is 9.53 Å². The van der Waals surface area contributed by atoms with Crippen LogP contribution in [0.2, 0.25) is 0 Å². The van der Waals surface area contributed by atoms with Gasteiger partial charge in [-0.2, -0.15) is 0 Å². The molecular formula is C7H11NO2S. The lowest BCUT2D eigenvalue weighted by Crippen LogP contribution is -2.69. The quantitative estimate of drug-likeness (QED) is 0.534. The molecule has 11 heavy (non-hydrogen) atoms. The second-order valence-corrected chi connectivity index (χ2v) is 4.22. The smallest absolute Gasteiger partial charge is 0.258 e. The van der Waals surface area contributed by atoms with Crippen molar-refractivity contribution in [1.82, 2.24) is 4.90 Å². The Kier molecular flexibility index (Phi) is 1.44. The fraction of sp³-hybridized carbons (Fsp3) is 0.857. The van der Waals surface area contributed by atoms with Crippen LogP contribution in [-0.2, 0) is 9.53 Å². The summed E-state index contributed by atoms with van der Waals surface area (Å²) < 4.78 is 5.19. The highest BCUT2D eigenvalue weighted by molar-refractivity contribution is 8.00. The van der Waals surface area contributed by atoms with Gasteiger partial charge < -0.3 is 9.64 Å². The predicted molar refractivity (Wildman–Crippen MR) is 43.4 cm³/mol. The fourth-order valence-corrected chi connectivity index (χ4v) is 3.07. The number of hydrogen-bond donors (Lipinski definition) is 0. The third-order valence-corrected chi connectivity index (χ3v) is 3.91. The molecule has 0 bridgehead atoms. The predicted octanol–water partition coefficient (Wildman–Crippen LogP) is 0.307. The van der Waals surface area contributed by atoms with Crippen LogP contribution >= 0.6 is 11.8 Å². The standard InChI is InChI=1S/C7H11NO2S/c1-7(10-2)5(9)8-3-4-11-6(7)8/h6H,3-4H2,1-2H3. The van der Waals surface area contributed by atoms with Crippen molar-refractivity contribution in [3.63, 3.8) is 0 Å². The first-order valence-corrected chi connectivity index (χ1v) is 4.73. The molecule has 1 amide bonds. The van der Waals surface area contributed by atoms with Gasteiger partial charge in [0, 0.05) is 19.4 Å². The zero-order valence-corrected chi connectivity index (χ0v) is 7.48. The van der Waals surface area contributed by atoms with Gasteiger partial charge in [0.1, 0.15) is 5.37 Å². The Morgan fingerprint density at radius 1 is 1.82 bits per heavy atom. The Morgan fingerprint density at radius 2 is 2.55 bits per heavy atom. The molecule has 62 valence electrons. The van der Waals surface area contributed by atoms with E-state index in [-0.39, 0.29) is 11.3 Å². The highest BCUT2D eigenvalue weighted by Crippen LogP contribution is 2.44. The fourth-order valence-electron chi connectivity index (χ4n) is 1.65. The summed E-state index contributed by atoms with van der Waals surface area (Å²) in [6, 6.07) is 0. The van der Waals surface area contributed by atoms with Crippen molar-refractivity contribution in [2.45, 2.75) is 17.9 Å².